The van der Waals surface area contributed by atoms with Crippen LogP contribution in [0.25, 0.3) is 16.8 Å². The zero-order chi connectivity index (χ0) is 20.9. The van der Waals surface area contributed by atoms with Gasteiger partial charge in [-0.1, -0.05) is 60.7 Å². The maximum atomic E-state index is 13.0. The van der Waals surface area contributed by atoms with Crippen molar-refractivity contribution < 1.29 is 14.0 Å². The van der Waals surface area contributed by atoms with Gasteiger partial charge in [-0.3, -0.25) is 9.59 Å². The van der Waals surface area contributed by atoms with Crippen LogP contribution in [0.3, 0.4) is 0 Å². The molecule has 0 bridgehead atoms. The first-order valence-corrected chi connectivity index (χ1v) is 10.0. The summed E-state index contributed by atoms with van der Waals surface area (Å²) in [4.78, 5) is 25.5. The molecule has 0 spiro atoms. The van der Waals surface area contributed by atoms with Gasteiger partial charge < -0.3 is 15.1 Å². The van der Waals surface area contributed by atoms with Gasteiger partial charge in [-0.15, -0.1) is 0 Å². The molecule has 1 aromatic heterocycles. The molecular weight excluding hydrogens is 444 g/mol. The minimum absolute atomic E-state index is 0.0966. The number of amides is 2. The zero-order valence-corrected chi connectivity index (χ0v) is 17.3. The van der Waals surface area contributed by atoms with Crippen LogP contribution in [0.1, 0.15) is 16.1 Å². The molecule has 0 aliphatic heterocycles. The van der Waals surface area contributed by atoms with Gasteiger partial charge in [0, 0.05) is 5.69 Å². The van der Waals surface area contributed by atoms with Crippen molar-refractivity contribution in [3.63, 3.8) is 0 Å². The lowest BCUT2D eigenvalue weighted by atomic mass is 10.1. The zero-order valence-electron chi connectivity index (χ0n) is 15.8. The van der Waals surface area contributed by atoms with Crippen molar-refractivity contribution in [1.29, 1.82) is 0 Å². The van der Waals surface area contributed by atoms with Crippen LogP contribution in [-0.2, 0) is 4.79 Å². The minimum atomic E-state index is -0.517. The molecule has 148 valence electrons. The molecule has 0 unspecified atom stereocenters. The molecule has 4 aromatic rings. The highest BCUT2D eigenvalue weighted by Gasteiger charge is 2.17. The van der Waals surface area contributed by atoms with E-state index in [1.807, 2.05) is 72.8 Å². The topological polar surface area (TPSA) is 71.3 Å². The van der Waals surface area contributed by atoms with Crippen LogP contribution < -0.4 is 10.6 Å². The summed E-state index contributed by atoms with van der Waals surface area (Å²) in [5.74, 6) is -0.857. The first-order valence-electron chi connectivity index (χ1n) is 9.22. The van der Waals surface area contributed by atoms with Crippen molar-refractivity contribution in [2.24, 2.45) is 0 Å². The third kappa shape index (κ3) is 4.67. The van der Waals surface area contributed by atoms with Crippen molar-refractivity contribution >= 4 is 50.3 Å². The van der Waals surface area contributed by atoms with E-state index in [2.05, 4.69) is 26.6 Å². The van der Waals surface area contributed by atoms with Crippen molar-refractivity contribution in [3.05, 3.63) is 107 Å². The highest BCUT2D eigenvalue weighted by atomic mass is 79.9. The Balaban J connectivity index is 1.61. The van der Waals surface area contributed by atoms with Crippen LogP contribution in [0.4, 0.5) is 5.69 Å². The molecule has 0 fully saturated rings. The summed E-state index contributed by atoms with van der Waals surface area (Å²) in [7, 11) is 0. The second kappa shape index (κ2) is 8.80. The van der Waals surface area contributed by atoms with Crippen LogP contribution in [0.5, 0.6) is 0 Å². The number of hydrogen-bond acceptors (Lipinski definition) is 3. The fraction of sp³-hybridized carbons (Fsp3) is 0. The van der Waals surface area contributed by atoms with Gasteiger partial charge in [0.15, 0.2) is 10.4 Å². The molecule has 6 heteroatoms. The number of anilines is 1. The number of rotatable bonds is 5. The van der Waals surface area contributed by atoms with E-state index in [0.29, 0.717) is 10.4 Å². The molecule has 0 radical (unpaired) electrons. The third-order valence-corrected chi connectivity index (χ3v) is 4.83. The lowest BCUT2D eigenvalue weighted by Gasteiger charge is -2.11. The predicted octanol–water partition coefficient (Wildman–Crippen LogP) is 5.60. The molecule has 0 aliphatic rings. The third-order valence-electron chi connectivity index (χ3n) is 4.41. The van der Waals surface area contributed by atoms with Gasteiger partial charge in [0.1, 0.15) is 5.70 Å². The summed E-state index contributed by atoms with van der Waals surface area (Å²) in [6.07, 6.45) is 1.62. The highest BCUT2D eigenvalue weighted by Crippen LogP contribution is 2.20. The summed E-state index contributed by atoms with van der Waals surface area (Å²) in [5, 5.41) is 7.59. The number of carbonyl (C=O) groups excluding carboxylic acids is 2. The van der Waals surface area contributed by atoms with Crippen LogP contribution in [0.2, 0.25) is 0 Å². The molecule has 0 aliphatic carbocycles. The maximum absolute atomic E-state index is 13.0. The van der Waals surface area contributed by atoms with Crippen LogP contribution in [0.15, 0.2) is 99.7 Å². The Morgan fingerprint density at radius 2 is 1.57 bits per heavy atom. The second-order valence-corrected chi connectivity index (χ2v) is 7.32. The first kappa shape index (κ1) is 19.7. The second-order valence-electron chi connectivity index (χ2n) is 6.54. The lowest BCUT2D eigenvalue weighted by molar-refractivity contribution is -0.113. The molecular formula is C24H17BrN2O3. The van der Waals surface area contributed by atoms with Gasteiger partial charge in [0.2, 0.25) is 0 Å². The van der Waals surface area contributed by atoms with Crippen LogP contribution in [-0.4, -0.2) is 11.8 Å². The Bertz CT molecular complexity index is 1250. The van der Waals surface area contributed by atoms with Crippen molar-refractivity contribution in [2.75, 3.05) is 5.32 Å². The summed E-state index contributed by atoms with van der Waals surface area (Å²) in [6, 6.07) is 26.0. The number of benzene rings is 3. The molecule has 5 nitrogen and oxygen atoms in total. The lowest BCUT2D eigenvalue weighted by Crippen LogP contribution is -2.30. The minimum Gasteiger partial charge on any atom is -0.444 e. The highest BCUT2D eigenvalue weighted by molar-refractivity contribution is 9.10. The molecule has 0 atom stereocenters. The Morgan fingerprint density at radius 3 is 2.30 bits per heavy atom. The number of halogens is 1. The molecule has 0 saturated heterocycles. The number of nitrogens with one attached hydrogen (secondary N) is 2. The summed E-state index contributed by atoms with van der Waals surface area (Å²) in [5.41, 5.74) is 1.52. The maximum Gasteiger partial charge on any atom is 0.291 e. The van der Waals surface area contributed by atoms with E-state index in [1.54, 1.807) is 12.1 Å². The fourth-order valence-corrected chi connectivity index (χ4v) is 3.27. The van der Waals surface area contributed by atoms with Gasteiger partial charge in [-0.2, -0.15) is 0 Å². The fourth-order valence-electron chi connectivity index (χ4n) is 2.96. The largest absolute Gasteiger partial charge is 0.444 e. The number of hydrogen-bond donors (Lipinski definition) is 2. The SMILES string of the molecule is O=C(Nc1ccc2ccccc2c1)C(=Cc1ccccc1)NC(=O)c1ccc(Br)o1. The molecule has 30 heavy (non-hydrogen) atoms. The van der Waals surface area contributed by atoms with Gasteiger partial charge in [-0.25, -0.2) is 0 Å². The molecule has 3 aromatic carbocycles. The number of carbonyl (C=O) groups is 2. The molecule has 2 N–H and O–H groups in total. The van der Waals surface area contributed by atoms with E-state index in [0.717, 1.165) is 16.3 Å². The monoisotopic (exact) mass is 460 g/mol. The average Bonchev–Trinajstić information content (AvgIpc) is 3.20. The Kier molecular flexibility index (Phi) is 5.77. The van der Waals surface area contributed by atoms with Crippen molar-refractivity contribution in [2.45, 2.75) is 0 Å². The summed E-state index contributed by atoms with van der Waals surface area (Å²) in [6.45, 7) is 0. The average molecular weight is 461 g/mol. The Hall–Kier alpha value is -3.64. The van der Waals surface area contributed by atoms with E-state index in [9.17, 15) is 9.59 Å². The van der Waals surface area contributed by atoms with Crippen LogP contribution in [0, 0.1) is 0 Å². The smallest absolute Gasteiger partial charge is 0.291 e. The molecule has 0 saturated carbocycles. The molecule has 4 rings (SSSR count). The van der Waals surface area contributed by atoms with Crippen molar-refractivity contribution in [1.82, 2.24) is 5.32 Å². The number of fused-ring (bicyclic) bond motifs is 1. The summed E-state index contributed by atoms with van der Waals surface area (Å²) >= 11 is 3.17. The Labute approximate surface area is 181 Å². The van der Waals surface area contributed by atoms with E-state index >= 15 is 0 Å². The van der Waals surface area contributed by atoms with Crippen LogP contribution >= 0.6 is 15.9 Å². The molecule has 2 amide bonds. The van der Waals surface area contributed by atoms with Crippen molar-refractivity contribution in [3.8, 4) is 0 Å². The van der Waals surface area contributed by atoms with Gasteiger partial charge in [0.25, 0.3) is 11.8 Å². The first-order chi connectivity index (χ1) is 14.6. The Morgan fingerprint density at radius 1 is 0.833 bits per heavy atom. The molecule has 1 heterocycles. The summed E-state index contributed by atoms with van der Waals surface area (Å²) < 4.78 is 5.72. The van der Waals surface area contributed by atoms with E-state index < -0.39 is 11.8 Å². The quantitative estimate of drug-likeness (QED) is 0.380. The predicted molar refractivity (Wildman–Crippen MR) is 121 cm³/mol. The number of furan rings is 1. The normalized spacial score (nSPS) is 11.3. The van der Waals surface area contributed by atoms with Gasteiger partial charge >= 0.3 is 0 Å². The standard InChI is InChI=1S/C24H17BrN2O3/c25-22-13-12-21(30-22)24(29)27-20(14-16-6-2-1-3-7-16)23(28)26-19-11-10-17-8-4-5-9-18(17)15-19/h1-15H,(H,26,28)(H,27,29). The van der Waals surface area contributed by atoms with E-state index in [-0.39, 0.29) is 11.5 Å². The van der Waals surface area contributed by atoms with Gasteiger partial charge in [0.05, 0.1) is 0 Å². The van der Waals surface area contributed by atoms with E-state index in [4.69, 9.17) is 4.42 Å². The van der Waals surface area contributed by atoms with E-state index in [1.165, 1.54) is 6.07 Å². The van der Waals surface area contributed by atoms with Gasteiger partial charge in [-0.05, 0) is 62.6 Å².